The molecule has 0 aliphatic heterocycles. The molecule has 1 unspecified atom stereocenters. The van der Waals surface area contributed by atoms with Gasteiger partial charge in [0.2, 0.25) is 0 Å². The zero-order chi connectivity index (χ0) is 12.4. The van der Waals surface area contributed by atoms with Gasteiger partial charge in [-0.05, 0) is 38.3 Å². The van der Waals surface area contributed by atoms with Crippen molar-refractivity contribution in [2.45, 2.75) is 39.3 Å². The number of halogens is 3. The Balaban J connectivity index is 3.24. The maximum Gasteiger partial charge on any atom is 0.411 e. The maximum absolute atomic E-state index is 11.7. The first-order valence-electron chi connectivity index (χ1n) is 5.81. The predicted octanol–water partition coefficient (Wildman–Crippen LogP) is 2.98. The zero-order valence-corrected chi connectivity index (χ0v) is 10.1. The van der Waals surface area contributed by atoms with Gasteiger partial charge < -0.3 is 10.1 Å². The quantitative estimate of drug-likeness (QED) is 0.627. The molecule has 0 bridgehead atoms. The van der Waals surface area contributed by atoms with E-state index in [0.29, 0.717) is 12.3 Å². The standard InChI is InChI=1S/C11H22F3NO/c1-3-6-15-8-10(2)5-4-7-16-9-11(12,13)14/h10,15H,3-9H2,1-2H3. The Labute approximate surface area is 95.5 Å². The Morgan fingerprint density at radius 2 is 2.00 bits per heavy atom. The number of alkyl halides is 3. The van der Waals surface area contributed by atoms with Crippen molar-refractivity contribution in [1.29, 1.82) is 0 Å². The van der Waals surface area contributed by atoms with Gasteiger partial charge in [-0.1, -0.05) is 13.8 Å². The normalized spacial score (nSPS) is 14.1. The molecule has 1 N–H and O–H groups in total. The summed E-state index contributed by atoms with van der Waals surface area (Å²) in [5.74, 6) is 0.487. The average Bonchev–Trinajstić information content (AvgIpc) is 2.16. The fraction of sp³-hybridized carbons (Fsp3) is 1.00. The Kier molecular flexibility index (Phi) is 8.66. The van der Waals surface area contributed by atoms with Gasteiger partial charge >= 0.3 is 6.18 Å². The van der Waals surface area contributed by atoms with Crippen molar-refractivity contribution < 1.29 is 17.9 Å². The van der Waals surface area contributed by atoms with E-state index >= 15 is 0 Å². The van der Waals surface area contributed by atoms with E-state index in [1.54, 1.807) is 0 Å². The minimum Gasteiger partial charge on any atom is -0.372 e. The van der Waals surface area contributed by atoms with Crippen molar-refractivity contribution in [3.05, 3.63) is 0 Å². The minimum absolute atomic E-state index is 0.192. The highest BCUT2D eigenvalue weighted by Gasteiger charge is 2.27. The molecule has 0 amide bonds. The highest BCUT2D eigenvalue weighted by atomic mass is 19.4. The van der Waals surface area contributed by atoms with E-state index in [-0.39, 0.29) is 6.61 Å². The van der Waals surface area contributed by atoms with Crippen LogP contribution in [0, 0.1) is 5.92 Å². The molecule has 1 atom stereocenters. The summed E-state index contributed by atoms with van der Waals surface area (Å²) in [6.45, 7) is 5.17. The lowest BCUT2D eigenvalue weighted by atomic mass is 10.1. The van der Waals surface area contributed by atoms with Crippen molar-refractivity contribution in [3.63, 3.8) is 0 Å². The molecule has 0 aliphatic rings. The first-order chi connectivity index (χ1) is 7.45. The van der Waals surface area contributed by atoms with Crippen LogP contribution in [0.4, 0.5) is 13.2 Å². The van der Waals surface area contributed by atoms with Crippen LogP contribution in [0.25, 0.3) is 0 Å². The summed E-state index contributed by atoms with van der Waals surface area (Å²) in [5, 5.41) is 3.28. The second-order valence-corrected chi connectivity index (χ2v) is 4.12. The van der Waals surface area contributed by atoms with Gasteiger partial charge in [0.05, 0.1) is 0 Å². The largest absolute Gasteiger partial charge is 0.411 e. The molecule has 2 nitrogen and oxygen atoms in total. The third kappa shape index (κ3) is 11.8. The lowest BCUT2D eigenvalue weighted by Crippen LogP contribution is -2.22. The van der Waals surface area contributed by atoms with Crippen LogP contribution in [-0.2, 0) is 4.74 Å². The van der Waals surface area contributed by atoms with Gasteiger partial charge in [-0.25, -0.2) is 0 Å². The van der Waals surface area contributed by atoms with Crippen molar-refractivity contribution >= 4 is 0 Å². The van der Waals surface area contributed by atoms with E-state index < -0.39 is 12.8 Å². The Bertz CT molecular complexity index is 162. The highest BCUT2D eigenvalue weighted by molar-refractivity contribution is 4.57. The van der Waals surface area contributed by atoms with Gasteiger partial charge in [0, 0.05) is 6.61 Å². The lowest BCUT2D eigenvalue weighted by Gasteiger charge is -2.12. The predicted molar refractivity (Wildman–Crippen MR) is 58.4 cm³/mol. The molecule has 98 valence electrons. The molecule has 0 saturated heterocycles. The van der Waals surface area contributed by atoms with Crippen LogP contribution >= 0.6 is 0 Å². The topological polar surface area (TPSA) is 21.3 Å². The van der Waals surface area contributed by atoms with E-state index in [2.05, 4.69) is 23.9 Å². The van der Waals surface area contributed by atoms with Gasteiger partial charge in [0.1, 0.15) is 6.61 Å². The Hall–Kier alpha value is -0.290. The molecule has 0 aromatic rings. The minimum atomic E-state index is -4.20. The second-order valence-electron chi connectivity index (χ2n) is 4.12. The molecule has 0 heterocycles. The monoisotopic (exact) mass is 241 g/mol. The number of hydrogen-bond donors (Lipinski definition) is 1. The van der Waals surface area contributed by atoms with Crippen LogP contribution in [0.5, 0.6) is 0 Å². The summed E-state index contributed by atoms with van der Waals surface area (Å²) >= 11 is 0. The molecule has 0 fully saturated rings. The molecule has 0 saturated carbocycles. The number of hydrogen-bond acceptors (Lipinski definition) is 2. The number of nitrogens with one attached hydrogen (secondary N) is 1. The van der Waals surface area contributed by atoms with Crippen LogP contribution in [0.3, 0.4) is 0 Å². The fourth-order valence-corrected chi connectivity index (χ4v) is 1.35. The highest BCUT2D eigenvalue weighted by Crippen LogP contribution is 2.14. The Morgan fingerprint density at radius 3 is 2.56 bits per heavy atom. The maximum atomic E-state index is 11.7. The number of ether oxygens (including phenoxy) is 1. The van der Waals surface area contributed by atoms with Crippen LogP contribution in [0.15, 0.2) is 0 Å². The molecule has 0 aromatic carbocycles. The molecule has 0 aliphatic carbocycles. The van der Waals surface area contributed by atoms with Crippen LogP contribution in [-0.4, -0.2) is 32.5 Å². The van der Waals surface area contributed by atoms with E-state index in [9.17, 15) is 13.2 Å². The molecule has 5 heteroatoms. The zero-order valence-electron chi connectivity index (χ0n) is 10.1. The summed E-state index contributed by atoms with van der Waals surface area (Å²) < 4.78 is 39.7. The summed E-state index contributed by atoms with van der Waals surface area (Å²) in [6, 6.07) is 0. The first-order valence-corrected chi connectivity index (χ1v) is 5.81. The molecular formula is C11H22F3NO. The van der Waals surface area contributed by atoms with Gasteiger partial charge in [0.25, 0.3) is 0 Å². The fourth-order valence-electron chi connectivity index (χ4n) is 1.35. The van der Waals surface area contributed by atoms with Crippen LogP contribution in [0.1, 0.15) is 33.1 Å². The van der Waals surface area contributed by atoms with Crippen molar-refractivity contribution in [3.8, 4) is 0 Å². The summed E-state index contributed by atoms with van der Waals surface area (Å²) in [6.07, 6.45) is -1.52. The third-order valence-corrected chi connectivity index (χ3v) is 2.17. The van der Waals surface area contributed by atoms with E-state index in [4.69, 9.17) is 0 Å². The lowest BCUT2D eigenvalue weighted by molar-refractivity contribution is -0.174. The van der Waals surface area contributed by atoms with E-state index in [0.717, 1.165) is 25.9 Å². The first kappa shape index (κ1) is 15.7. The molecule has 0 spiro atoms. The smallest absolute Gasteiger partial charge is 0.372 e. The molecule has 0 aromatic heterocycles. The van der Waals surface area contributed by atoms with Crippen LogP contribution in [0.2, 0.25) is 0 Å². The molecule has 0 radical (unpaired) electrons. The SMILES string of the molecule is CCCNCC(C)CCCOCC(F)(F)F. The third-order valence-electron chi connectivity index (χ3n) is 2.17. The molecular weight excluding hydrogens is 219 g/mol. The summed E-state index contributed by atoms with van der Waals surface area (Å²) in [5.41, 5.74) is 0. The van der Waals surface area contributed by atoms with Crippen molar-refractivity contribution in [1.82, 2.24) is 5.32 Å². The molecule has 0 rings (SSSR count). The average molecular weight is 241 g/mol. The van der Waals surface area contributed by atoms with Gasteiger partial charge in [-0.3, -0.25) is 0 Å². The van der Waals surface area contributed by atoms with Gasteiger partial charge in [-0.2, -0.15) is 13.2 Å². The van der Waals surface area contributed by atoms with Crippen molar-refractivity contribution in [2.75, 3.05) is 26.3 Å². The summed E-state index contributed by atoms with van der Waals surface area (Å²) in [4.78, 5) is 0. The van der Waals surface area contributed by atoms with Crippen molar-refractivity contribution in [2.24, 2.45) is 5.92 Å². The van der Waals surface area contributed by atoms with E-state index in [1.165, 1.54) is 0 Å². The van der Waals surface area contributed by atoms with Gasteiger partial charge in [0.15, 0.2) is 0 Å². The van der Waals surface area contributed by atoms with Gasteiger partial charge in [-0.15, -0.1) is 0 Å². The van der Waals surface area contributed by atoms with E-state index in [1.807, 2.05) is 0 Å². The number of rotatable bonds is 9. The van der Waals surface area contributed by atoms with Crippen LogP contribution < -0.4 is 5.32 Å². The Morgan fingerprint density at radius 1 is 1.31 bits per heavy atom. The molecule has 16 heavy (non-hydrogen) atoms. The summed E-state index contributed by atoms with van der Waals surface area (Å²) in [7, 11) is 0. The second kappa shape index (κ2) is 8.82.